The number of nitrogens with one attached hydrogen (secondary N) is 1. The van der Waals surface area contributed by atoms with Crippen LogP contribution in [0.1, 0.15) is 15.9 Å². The maximum atomic E-state index is 11.9. The van der Waals surface area contributed by atoms with E-state index < -0.39 is 5.91 Å². The second-order valence-electron chi connectivity index (χ2n) is 4.18. The Balaban J connectivity index is 2.14. The lowest BCUT2D eigenvalue weighted by atomic mass is 10.2. The van der Waals surface area contributed by atoms with E-state index in [-0.39, 0.29) is 11.3 Å². The first-order valence-corrected chi connectivity index (χ1v) is 8.18. The van der Waals surface area contributed by atoms with Crippen LogP contribution in [0.25, 0.3) is 0 Å². The number of hydrogen-bond acceptors (Lipinski definition) is 3. The molecule has 0 aliphatic rings. The number of carbonyl (C=O) groups is 1. The van der Waals surface area contributed by atoms with Gasteiger partial charge in [-0.3, -0.25) is 4.79 Å². The summed E-state index contributed by atoms with van der Waals surface area (Å²) in [6, 6.07) is 7.84. The average molecular weight is 467 g/mol. The second-order valence-corrected chi connectivity index (χ2v) is 6.83. The summed E-state index contributed by atoms with van der Waals surface area (Å²) in [5.41, 5.74) is 3.06. The summed E-state index contributed by atoms with van der Waals surface area (Å²) in [5, 5.41) is 14.4. The minimum atomic E-state index is -0.464. The Hall–Kier alpha value is -1.08. The number of amides is 1. The van der Waals surface area contributed by atoms with Gasteiger partial charge in [-0.25, -0.2) is 5.43 Å². The molecule has 0 bridgehead atoms. The molecule has 1 amide bonds. The van der Waals surface area contributed by atoms with Crippen LogP contribution in [-0.2, 0) is 0 Å². The van der Waals surface area contributed by atoms with Gasteiger partial charge < -0.3 is 5.11 Å². The van der Waals surface area contributed by atoms with Crippen molar-refractivity contribution in [1.82, 2.24) is 5.43 Å². The van der Waals surface area contributed by atoms with Crippen LogP contribution in [0.5, 0.6) is 5.75 Å². The van der Waals surface area contributed by atoms with Crippen molar-refractivity contribution in [3.8, 4) is 5.75 Å². The fraction of sp³-hybridized carbons (Fsp3) is 0. The first-order chi connectivity index (χ1) is 10.4. The molecular formula is C14H8Br2Cl2N2O2. The third-order valence-electron chi connectivity index (χ3n) is 2.55. The van der Waals surface area contributed by atoms with Gasteiger partial charge in [-0.15, -0.1) is 0 Å². The molecule has 4 nitrogen and oxygen atoms in total. The summed E-state index contributed by atoms with van der Waals surface area (Å²) >= 11 is 18.2. The van der Waals surface area contributed by atoms with E-state index in [4.69, 9.17) is 23.2 Å². The van der Waals surface area contributed by atoms with Crippen molar-refractivity contribution >= 4 is 67.2 Å². The topological polar surface area (TPSA) is 61.7 Å². The summed E-state index contributed by atoms with van der Waals surface area (Å²) in [6.45, 7) is 0. The summed E-state index contributed by atoms with van der Waals surface area (Å²) in [7, 11) is 0. The monoisotopic (exact) mass is 464 g/mol. The molecule has 0 aromatic heterocycles. The minimum absolute atomic E-state index is 0.0204. The fourth-order valence-electron chi connectivity index (χ4n) is 1.59. The van der Waals surface area contributed by atoms with Gasteiger partial charge in [0.05, 0.1) is 10.7 Å². The lowest BCUT2D eigenvalue weighted by Crippen LogP contribution is -2.17. The molecular weight excluding hydrogens is 459 g/mol. The summed E-state index contributed by atoms with van der Waals surface area (Å²) in [4.78, 5) is 11.9. The molecule has 0 saturated heterocycles. The largest absolute Gasteiger partial charge is 0.506 e. The van der Waals surface area contributed by atoms with E-state index in [0.29, 0.717) is 20.1 Å². The van der Waals surface area contributed by atoms with E-state index in [1.807, 2.05) is 0 Å². The molecule has 2 aromatic carbocycles. The third-order valence-corrected chi connectivity index (χ3v) is 4.05. The number of halogens is 4. The summed E-state index contributed by atoms with van der Waals surface area (Å²) in [6.07, 6.45) is 1.33. The molecule has 114 valence electrons. The van der Waals surface area contributed by atoms with Crippen molar-refractivity contribution in [3.63, 3.8) is 0 Å². The number of rotatable bonds is 3. The number of benzene rings is 2. The molecule has 0 fully saturated rings. The number of aromatic hydroxyl groups is 1. The zero-order valence-electron chi connectivity index (χ0n) is 10.8. The van der Waals surface area contributed by atoms with E-state index in [2.05, 4.69) is 42.4 Å². The number of phenolic OH excluding ortho intramolecular Hbond substituents is 1. The third kappa shape index (κ3) is 4.46. The van der Waals surface area contributed by atoms with Crippen LogP contribution in [0.15, 0.2) is 44.4 Å². The Morgan fingerprint density at radius 1 is 1.14 bits per heavy atom. The summed E-state index contributed by atoms with van der Waals surface area (Å²) in [5.74, 6) is -0.443. The number of hydrogen-bond donors (Lipinski definition) is 2. The van der Waals surface area contributed by atoms with E-state index in [0.717, 1.165) is 4.47 Å². The lowest BCUT2D eigenvalue weighted by molar-refractivity contribution is 0.0955. The van der Waals surface area contributed by atoms with Crippen molar-refractivity contribution in [1.29, 1.82) is 0 Å². The Morgan fingerprint density at radius 2 is 1.77 bits per heavy atom. The van der Waals surface area contributed by atoms with E-state index in [9.17, 15) is 9.90 Å². The van der Waals surface area contributed by atoms with Crippen molar-refractivity contribution in [2.45, 2.75) is 0 Å². The maximum absolute atomic E-state index is 11.9. The molecule has 2 N–H and O–H groups in total. The molecule has 0 spiro atoms. The lowest BCUT2D eigenvalue weighted by Gasteiger charge is -2.04. The highest BCUT2D eigenvalue weighted by Gasteiger charge is 2.08. The van der Waals surface area contributed by atoms with Gasteiger partial charge in [-0.1, -0.05) is 39.1 Å². The SMILES string of the molecule is O=C(N/N=C/c1cc(Br)cc(Br)c1O)c1cc(Cl)cc(Cl)c1. The van der Waals surface area contributed by atoms with E-state index in [1.165, 1.54) is 24.4 Å². The maximum Gasteiger partial charge on any atom is 0.271 e. The van der Waals surface area contributed by atoms with Crippen molar-refractivity contribution < 1.29 is 9.90 Å². The smallest absolute Gasteiger partial charge is 0.271 e. The molecule has 0 atom stereocenters. The van der Waals surface area contributed by atoms with Crippen molar-refractivity contribution in [2.75, 3.05) is 0 Å². The molecule has 0 heterocycles. The molecule has 8 heteroatoms. The van der Waals surface area contributed by atoms with Crippen LogP contribution in [0.4, 0.5) is 0 Å². The molecule has 22 heavy (non-hydrogen) atoms. The molecule has 0 saturated carbocycles. The van der Waals surface area contributed by atoms with Gasteiger partial charge in [0.1, 0.15) is 5.75 Å². The number of carbonyl (C=O) groups excluding carboxylic acids is 1. The van der Waals surface area contributed by atoms with Crippen molar-refractivity contribution in [3.05, 3.63) is 60.4 Å². The molecule has 0 unspecified atom stereocenters. The molecule has 0 aliphatic carbocycles. The molecule has 0 radical (unpaired) electrons. The van der Waals surface area contributed by atoms with Gasteiger partial charge in [-0.05, 0) is 46.3 Å². The van der Waals surface area contributed by atoms with E-state index >= 15 is 0 Å². The van der Waals surface area contributed by atoms with Crippen LogP contribution < -0.4 is 5.43 Å². The highest BCUT2D eigenvalue weighted by Crippen LogP contribution is 2.30. The quantitative estimate of drug-likeness (QED) is 0.494. The van der Waals surface area contributed by atoms with Gasteiger partial charge in [-0.2, -0.15) is 5.10 Å². The van der Waals surface area contributed by atoms with Crippen LogP contribution in [0.3, 0.4) is 0 Å². The Morgan fingerprint density at radius 3 is 2.41 bits per heavy atom. The normalized spacial score (nSPS) is 10.9. The first kappa shape index (κ1) is 17.3. The van der Waals surface area contributed by atoms with E-state index in [1.54, 1.807) is 12.1 Å². The van der Waals surface area contributed by atoms with Crippen LogP contribution >= 0.6 is 55.1 Å². The Labute approximate surface area is 153 Å². The number of phenols is 1. The summed E-state index contributed by atoms with van der Waals surface area (Å²) < 4.78 is 1.27. The fourth-order valence-corrected chi connectivity index (χ4v) is 3.38. The number of nitrogens with zero attached hydrogens (tertiary/aromatic N) is 1. The van der Waals surface area contributed by atoms with Crippen LogP contribution in [-0.4, -0.2) is 17.2 Å². The average Bonchev–Trinajstić information content (AvgIpc) is 2.42. The zero-order valence-corrected chi connectivity index (χ0v) is 15.5. The van der Waals surface area contributed by atoms with Gasteiger partial charge in [0.15, 0.2) is 0 Å². The second kappa shape index (κ2) is 7.46. The Kier molecular flexibility index (Phi) is 5.86. The van der Waals surface area contributed by atoms with Gasteiger partial charge in [0.2, 0.25) is 0 Å². The zero-order chi connectivity index (χ0) is 16.3. The molecule has 2 rings (SSSR count). The van der Waals surface area contributed by atoms with Crippen molar-refractivity contribution in [2.24, 2.45) is 5.10 Å². The Bertz CT molecular complexity index is 746. The predicted molar refractivity (Wildman–Crippen MR) is 95.0 cm³/mol. The predicted octanol–water partition coefficient (Wildman–Crippen LogP) is 4.99. The van der Waals surface area contributed by atoms with Crippen LogP contribution in [0, 0.1) is 0 Å². The first-order valence-electron chi connectivity index (χ1n) is 5.84. The standard InChI is InChI=1S/C14H8Br2Cl2N2O2/c15-9-1-8(13(21)12(16)4-9)6-19-20-14(22)7-2-10(17)5-11(18)3-7/h1-6,21H,(H,20,22)/b19-6+. The van der Waals surface area contributed by atoms with Gasteiger partial charge in [0, 0.05) is 25.6 Å². The molecule has 2 aromatic rings. The highest BCUT2D eigenvalue weighted by molar-refractivity contribution is 9.11. The van der Waals surface area contributed by atoms with Gasteiger partial charge in [0.25, 0.3) is 5.91 Å². The highest BCUT2D eigenvalue weighted by atomic mass is 79.9. The molecule has 0 aliphatic heterocycles. The van der Waals surface area contributed by atoms with Crippen LogP contribution in [0.2, 0.25) is 10.0 Å². The minimum Gasteiger partial charge on any atom is -0.506 e. The number of hydrazone groups is 1. The van der Waals surface area contributed by atoms with Gasteiger partial charge >= 0.3 is 0 Å².